The van der Waals surface area contributed by atoms with E-state index in [-0.39, 0.29) is 12.5 Å². The van der Waals surface area contributed by atoms with E-state index in [1.54, 1.807) is 0 Å². The fraction of sp³-hybridized carbons (Fsp3) is 0.588. The van der Waals surface area contributed by atoms with Crippen LogP contribution in [0, 0.1) is 13.8 Å². The summed E-state index contributed by atoms with van der Waals surface area (Å²) in [6, 6.07) is 6.45. The van der Waals surface area contributed by atoms with Crippen molar-refractivity contribution < 1.29 is 9.53 Å². The molecule has 0 spiro atoms. The summed E-state index contributed by atoms with van der Waals surface area (Å²) < 4.78 is 5.71. The zero-order chi connectivity index (χ0) is 14.5. The Morgan fingerprint density at radius 1 is 1.35 bits per heavy atom. The third-order valence-corrected chi connectivity index (χ3v) is 4.10. The van der Waals surface area contributed by atoms with Crippen LogP contribution in [-0.4, -0.2) is 30.0 Å². The second-order valence-electron chi connectivity index (χ2n) is 5.70. The molecule has 1 unspecified atom stereocenters. The van der Waals surface area contributed by atoms with Crippen LogP contribution >= 0.6 is 0 Å². The minimum absolute atomic E-state index is 0.122. The molecule has 0 aliphatic carbocycles. The number of ether oxygens (including phenoxy) is 1. The lowest BCUT2D eigenvalue weighted by molar-refractivity contribution is -0.137. The van der Waals surface area contributed by atoms with Gasteiger partial charge >= 0.3 is 0 Å². The maximum Gasteiger partial charge on any atom is 0.260 e. The Labute approximate surface area is 121 Å². The normalized spacial score (nSPS) is 18.9. The molecule has 1 heterocycles. The van der Waals surface area contributed by atoms with Gasteiger partial charge in [-0.2, -0.15) is 0 Å². The first-order valence-corrected chi connectivity index (χ1v) is 7.61. The van der Waals surface area contributed by atoms with Crippen molar-refractivity contribution in [3.05, 3.63) is 29.3 Å². The minimum atomic E-state index is 0.122. The van der Waals surface area contributed by atoms with Crippen LogP contribution in [0.15, 0.2) is 18.2 Å². The largest absolute Gasteiger partial charge is 0.484 e. The molecule has 1 aliphatic heterocycles. The summed E-state index contributed by atoms with van der Waals surface area (Å²) in [6.07, 6.45) is 4.52. The third-order valence-electron chi connectivity index (χ3n) is 4.10. The van der Waals surface area contributed by atoms with Crippen molar-refractivity contribution in [3.63, 3.8) is 0 Å². The first-order chi connectivity index (χ1) is 9.61. The SMILES string of the molecule is CCC1CCCCN1C(=O)COc1ccc(C)cc1C. The highest BCUT2D eigenvalue weighted by atomic mass is 16.5. The van der Waals surface area contributed by atoms with E-state index in [0.29, 0.717) is 6.04 Å². The summed E-state index contributed by atoms with van der Waals surface area (Å²) in [5.41, 5.74) is 2.30. The lowest BCUT2D eigenvalue weighted by atomic mass is 10.00. The monoisotopic (exact) mass is 275 g/mol. The first kappa shape index (κ1) is 14.9. The molecule has 20 heavy (non-hydrogen) atoms. The van der Waals surface area contributed by atoms with Crippen LogP contribution in [0.2, 0.25) is 0 Å². The summed E-state index contributed by atoms with van der Waals surface area (Å²) in [4.78, 5) is 14.3. The highest BCUT2D eigenvalue weighted by Crippen LogP contribution is 2.21. The molecule has 1 aliphatic rings. The Kier molecular flexibility index (Phi) is 5.05. The van der Waals surface area contributed by atoms with Crippen molar-refractivity contribution in [1.29, 1.82) is 0 Å². The number of aryl methyl sites for hydroxylation is 2. The molecule has 1 saturated heterocycles. The van der Waals surface area contributed by atoms with Gasteiger partial charge < -0.3 is 9.64 Å². The molecule has 110 valence electrons. The van der Waals surface area contributed by atoms with E-state index in [0.717, 1.165) is 37.1 Å². The average Bonchev–Trinajstić information content (AvgIpc) is 2.46. The summed E-state index contributed by atoms with van der Waals surface area (Å²) in [7, 11) is 0. The van der Waals surface area contributed by atoms with Crippen molar-refractivity contribution >= 4 is 5.91 Å². The number of carbonyl (C=O) groups excluding carboxylic acids is 1. The van der Waals surface area contributed by atoms with Gasteiger partial charge in [0.15, 0.2) is 6.61 Å². The maximum atomic E-state index is 12.3. The van der Waals surface area contributed by atoms with Crippen LogP contribution in [0.25, 0.3) is 0 Å². The second kappa shape index (κ2) is 6.78. The van der Waals surface area contributed by atoms with Gasteiger partial charge in [-0.05, 0) is 51.2 Å². The van der Waals surface area contributed by atoms with Crippen molar-refractivity contribution in [3.8, 4) is 5.75 Å². The van der Waals surface area contributed by atoms with E-state index < -0.39 is 0 Å². The van der Waals surface area contributed by atoms with E-state index in [9.17, 15) is 4.79 Å². The number of hydrogen-bond acceptors (Lipinski definition) is 2. The summed E-state index contributed by atoms with van der Waals surface area (Å²) >= 11 is 0. The highest BCUT2D eigenvalue weighted by Gasteiger charge is 2.25. The van der Waals surface area contributed by atoms with Crippen molar-refractivity contribution in [2.24, 2.45) is 0 Å². The number of likely N-dealkylation sites (tertiary alicyclic amines) is 1. The Morgan fingerprint density at radius 2 is 2.15 bits per heavy atom. The predicted molar refractivity (Wildman–Crippen MR) is 81.1 cm³/mol. The number of piperidine rings is 1. The minimum Gasteiger partial charge on any atom is -0.484 e. The molecule has 2 rings (SSSR count). The Bertz CT molecular complexity index is 470. The van der Waals surface area contributed by atoms with E-state index in [1.807, 2.05) is 24.0 Å². The van der Waals surface area contributed by atoms with Crippen LogP contribution in [0.4, 0.5) is 0 Å². The van der Waals surface area contributed by atoms with Gasteiger partial charge in [0.1, 0.15) is 5.75 Å². The zero-order valence-electron chi connectivity index (χ0n) is 12.8. The second-order valence-corrected chi connectivity index (χ2v) is 5.70. The molecule has 3 heteroatoms. The lowest BCUT2D eigenvalue weighted by Crippen LogP contribution is -2.45. The average molecular weight is 275 g/mol. The first-order valence-electron chi connectivity index (χ1n) is 7.61. The topological polar surface area (TPSA) is 29.5 Å². The molecule has 1 aromatic rings. The standard InChI is InChI=1S/C17H25NO2/c1-4-15-7-5-6-10-18(15)17(19)12-20-16-9-8-13(2)11-14(16)3/h8-9,11,15H,4-7,10,12H2,1-3H3. The van der Waals surface area contributed by atoms with Gasteiger partial charge in [-0.3, -0.25) is 4.79 Å². The van der Waals surface area contributed by atoms with Gasteiger partial charge in [-0.1, -0.05) is 24.6 Å². The van der Waals surface area contributed by atoms with Gasteiger partial charge in [0.2, 0.25) is 0 Å². The maximum absolute atomic E-state index is 12.3. The molecule has 1 aromatic carbocycles. The van der Waals surface area contributed by atoms with Crippen molar-refractivity contribution in [2.45, 2.75) is 52.5 Å². The predicted octanol–water partition coefficient (Wildman–Crippen LogP) is 3.47. The smallest absolute Gasteiger partial charge is 0.260 e. The van der Waals surface area contributed by atoms with Crippen LogP contribution in [0.1, 0.15) is 43.7 Å². The van der Waals surface area contributed by atoms with Crippen LogP contribution in [0.3, 0.4) is 0 Å². The number of rotatable bonds is 4. The van der Waals surface area contributed by atoms with E-state index in [2.05, 4.69) is 19.9 Å². The lowest BCUT2D eigenvalue weighted by Gasteiger charge is -2.35. The van der Waals surface area contributed by atoms with E-state index in [4.69, 9.17) is 4.74 Å². The molecule has 0 bridgehead atoms. The van der Waals surface area contributed by atoms with E-state index >= 15 is 0 Å². The number of hydrogen-bond donors (Lipinski definition) is 0. The molecule has 1 amide bonds. The molecule has 0 saturated carbocycles. The third kappa shape index (κ3) is 3.53. The van der Waals surface area contributed by atoms with Crippen molar-refractivity contribution in [2.75, 3.05) is 13.2 Å². The quantitative estimate of drug-likeness (QED) is 0.842. The number of nitrogens with zero attached hydrogens (tertiary/aromatic N) is 1. The molecule has 0 aromatic heterocycles. The van der Waals surface area contributed by atoms with E-state index in [1.165, 1.54) is 12.0 Å². The van der Waals surface area contributed by atoms with Crippen LogP contribution in [0.5, 0.6) is 5.75 Å². The van der Waals surface area contributed by atoms with Crippen molar-refractivity contribution in [1.82, 2.24) is 4.90 Å². The highest BCUT2D eigenvalue weighted by molar-refractivity contribution is 5.78. The fourth-order valence-electron chi connectivity index (χ4n) is 2.94. The summed E-state index contributed by atoms with van der Waals surface area (Å²) in [6.45, 7) is 7.26. The van der Waals surface area contributed by atoms with Gasteiger partial charge in [0.05, 0.1) is 0 Å². The summed E-state index contributed by atoms with van der Waals surface area (Å²) in [5.74, 6) is 0.936. The number of benzene rings is 1. The Morgan fingerprint density at radius 3 is 2.85 bits per heavy atom. The summed E-state index contributed by atoms with van der Waals surface area (Å²) in [5, 5.41) is 0. The molecule has 1 atom stereocenters. The number of carbonyl (C=O) groups is 1. The Hall–Kier alpha value is -1.51. The van der Waals surface area contributed by atoms with Gasteiger partial charge in [-0.25, -0.2) is 0 Å². The molecule has 0 radical (unpaired) electrons. The van der Waals surface area contributed by atoms with Gasteiger partial charge in [0.25, 0.3) is 5.91 Å². The van der Waals surface area contributed by atoms with Gasteiger partial charge in [-0.15, -0.1) is 0 Å². The van der Waals surface area contributed by atoms with Crippen LogP contribution < -0.4 is 4.74 Å². The van der Waals surface area contributed by atoms with Crippen LogP contribution in [-0.2, 0) is 4.79 Å². The molecule has 3 nitrogen and oxygen atoms in total. The number of amides is 1. The molecule has 1 fully saturated rings. The zero-order valence-corrected chi connectivity index (χ0v) is 12.8. The molecular formula is C17H25NO2. The molecule has 0 N–H and O–H groups in total. The van der Waals surface area contributed by atoms with Gasteiger partial charge in [0, 0.05) is 12.6 Å². The molecular weight excluding hydrogens is 250 g/mol. The fourth-order valence-corrected chi connectivity index (χ4v) is 2.94. The Balaban J connectivity index is 1.94.